The van der Waals surface area contributed by atoms with Gasteiger partial charge in [0.15, 0.2) is 0 Å². The Bertz CT molecular complexity index is 1020. The number of amides is 1. The van der Waals surface area contributed by atoms with Crippen molar-refractivity contribution in [2.75, 3.05) is 23.3 Å². The second-order valence-electron chi connectivity index (χ2n) is 7.32. The molecule has 1 saturated heterocycles. The third kappa shape index (κ3) is 4.77. The molecule has 1 aliphatic heterocycles. The number of carbonyl (C=O) groups excluding carboxylic acids is 1. The van der Waals surface area contributed by atoms with E-state index in [1.807, 2.05) is 30.3 Å². The molecule has 1 aromatic heterocycles. The number of para-hydroxylation sites is 1. The number of nitrogens with zero attached hydrogens (tertiary/aromatic N) is 2. The summed E-state index contributed by atoms with van der Waals surface area (Å²) < 4.78 is 0. The smallest absolute Gasteiger partial charge is 0.248 e. The number of nitrogens with one attached hydrogen (secondary N) is 1. The molecule has 1 fully saturated rings. The molecular formula is C24H24ClN3O. The van der Waals surface area contributed by atoms with Gasteiger partial charge in [0, 0.05) is 30.2 Å². The lowest BCUT2D eigenvalue weighted by molar-refractivity contribution is -0.111. The van der Waals surface area contributed by atoms with Crippen LogP contribution in [-0.4, -0.2) is 24.0 Å². The first-order valence-electron chi connectivity index (χ1n) is 10.1. The summed E-state index contributed by atoms with van der Waals surface area (Å²) in [5, 5.41) is 4.13. The third-order valence-electron chi connectivity index (χ3n) is 5.26. The molecule has 1 N–H and O–H groups in total. The summed E-state index contributed by atoms with van der Waals surface area (Å²) in [6.45, 7) is 2.25. The lowest BCUT2D eigenvalue weighted by atomic mass is 10.1. The topological polar surface area (TPSA) is 45.2 Å². The van der Waals surface area contributed by atoms with E-state index in [2.05, 4.69) is 39.5 Å². The van der Waals surface area contributed by atoms with Gasteiger partial charge in [0.05, 0.1) is 22.4 Å². The number of aromatic nitrogens is 1. The molecule has 0 unspecified atom stereocenters. The first-order valence-corrected chi connectivity index (χ1v) is 10.5. The summed E-state index contributed by atoms with van der Waals surface area (Å²) in [6, 6.07) is 16.0. The molecule has 2 heterocycles. The van der Waals surface area contributed by atoms with E-state index in [-0.39, 0.29) is 5.91 Å². The molecule has 0 radical (unpaired) electrons. The Morgan fingerprint density at radius 2 is 1.72 bits per heavy atom. The summed E-state index contributed by atoms with van der Waals surface area (Å²) in [7, 11) is 0. The highest BCUT2D eigenvalue weighted by Gasteiger charge is 2.10. The van der Waals surface area contributed by atoms with Crippen molar-refractivity contribution in [2.24, 2.45) is 0 Å². The van der Waals surface area contributed by atoms with E-state index in [9.17, 15) is 4.79 Å². The zero-order valence-electron chi connectivity index (χ0n) is 16.3. The summed E-state index contributed by atoms with van der Waals surface area (Å²) >= 11 is 6.42. The van der Waals surface area contributed by atoms with E-state index >= 15 is 0 Å². The number of pyridine rings is 1. The molecule has 3 aromatic rings. The minimum absolute atomic E-state index is 0.236. The SMILES string of the molecule is O=C(/C=C/c1ccc(N2CCCCCC2)cc1)Nc1cnc2ccccc2c1Cl. The average molecular weight is 406 g/mol. The molecule has 0 atom stereocenters. The predicted octanol–water partition coefficient (Wildman–Crippen LogP) is 5.92. The number of rotatable bonds is 4. The van der Waals surface area contributed by atoms with Crippen molar-refractivity contribution in [1.29, 1.82) is 0 Å². The third-order valence-corrected chi connectivity index (χ3v) is 5.67. The van der Waals surface area contributed by atoms with Crippen LogP contribution in [0, 0.1) is 0 Å². The zero-order valence-corrected chi connectivity index (χ0v) is 17.0. The summed E-state index contributed by atoms with van der Waals surface area (Å²) in [5.41, 5.74) is 3.55. The van der Waals surface area contributed by atoms with Gasteiger partial charge in [-0.2, -0.15) is 0 Å². The number of hydrogen-bond donors (Lipinski definition) is 1. The molecule has 4 nitrogen and oxygen atoms in total. The number of fused-ring (bicyclic) bond motifs is 1. The van der Waals surface area contributed by atoms with E-state index in [0.29, 0.717) is 10.7 Å². The van der Waals surface area contributed by atoms with Gasteiger partial charge in [-0.15, -0.1) is 0 Å². The normalized spacial score (nSPS) is 14.9. The van der Waals surface area contributed by atoms with E-state index in [1.165, 1.54) is 37.4 Å². The van der Waals surface area contributed by atoms with Gasteiger partial charge in [-0.05, 0) is 42.7 Å². The second kappa shape index (κ2) is 9.10. The molecule has 29 heavy (non-hydrogen) atoms. The molecule has 1 aliphatic rings. The van der Waals surface area contributed by atoms with Crippen LogP contribution in [0.5, 0.6) is 0 Å². The number of anilines is 2. The highest BCUT2D eigenvalue weighted by Crippen LogP contribution is 2.29. The molecule has 0 saturated carbocycles. The van der Waals surface area contributed by atoms with Crippen molar-refractivity contribution in [3.8, 4) is 0 Å². The number of halogens is 1. The maximum Gasteiger partial charge on any atom is 0.248 e. The first kappa shape index (κ1) is 19.5. The van der Waals surface area contributed by atoms with Crippen molar-refractivity contribution in [3.63, 3.8) is 0 Å². The minimum atomic E-state index is -0.236. The van der Waals surface area contributed by atoms with Crippen LogP contribution in [0.4, 0.5) is 11.4 Å². The van der Waals surface area contributed by atoms with Gasteiger partial charge < -0.3 is 10.2 Å². The fourth-order valence-electron chi connectivity index (χ4n) is 3.67. The zero-order chi connectivity index (χ0) is 20.1. The van der Waals surface area contributed by atoms with Crippen molar-refractivity contribution in [3.05, 3.63) is 71.4 Å². The Balaban J connectivity index is 1.41. The van der Waals surface area contributed by atoms with Crippen molar-refractivity contribution < 1.29 is 4.79 Å². The number of benzene rings is 2. The highest BCUT2D eigenvalue weighted by molar-refractivity contribution is 6.38. The monoisotopic (exact) mass is 405 g/mol. The van der Waals surface area contributed by atoms with Gasteiger partial charge in [0.1, 0.15) is 0 Å². The van der Waals surface area contributed by atoms with Gasteiger partial charge >= 0.3 is 0 Å². The fourth-order valence-corrected chi connectivity index (χ4v) is 3.92. The van der Waals surface area contributed by atoms with E-state index < -0.39 is 0 Å². The molecule has 5 heteroatoms. The molecule has 2 aromatic carbocycles. The van der Waals surface area contributed by atoms with Crippen LogP contribution in [0.25, 0.3) is 17.0 Å². The van der Waals surface area contributed by atoms with Crippen LogP contribution in [0.3, 0.4) is 0 Å². The van der Waals surface area contributed by atoms with E-state index in [0.717, 1.165) is 29.6 Å². The van der Waals surface area contributed by atoms with Crippen LogP contribution in [0.15, 0.2) is 60.8 Å². The van der Waals surface area contributed by atoms with Gasteiger partial charge in [-0.3, -0.25) is 9.78 Å². The van der Waals surface area contributed by atoms with Crippen LogP contribution in [0.1, 0.15) is 31.2 Å². The summed E-state index contributed by atoms with van der Waals surface area (Å²) in [5.74, 6) is -0.236. The van der Waals surface area contributed by atoms with Crippen LogP contribution >= 0.6 is 11.6 Å². The molecule has 0 aliphatic carbocycles. The van der Waals surface area contributed by atoms with Gasteiger partial charge in [-0.1, -0.05) is 54.8 Å². The maximum absolute atomic E-state index is 12.3. The maximum atomic E-state index is 12.3. The molecule has 0 bridgehead atoms. The summed E-state index contributed by atoms with van der Waals surface area (Å²) in [4.78, 5) is 19.1. The van der Waals surface area contributed by atoms with Crippen molar-refractivity contribution in [1.82, 2.24) is 4.98 Å². The van der Waals surface area contributed by atoms with Gasteiger partial charge in [0.2, 0.25) is 5.91 Å². The van der Waals surface area contributed by atoms with Crippen LogP contribution in [-0.2, 0) is 4.79 Å². The minimum Gasteiger partial charge on any atom is -0.372 e. The number of hydrogen-bond acceptors (Lipinski definition) is 3. The predicted molar refractivity (Wildman–Crippen MR) is 122 cm³/mol. The lowest BCUT2D eigenvalue weighted by Gasteiger charge is -2.22. The largest absolute Gasteiger partial charge is 0.372 e. The molecular weight excluding hydrogens is 382 g/mol. The Labute approximate surface area is 176 Å². The quantitative estimate of drug-likeness (QED) is 0.548. The van der Waals surface area contributed by atoms with Crippen LogP contribution < -0.4 is 10.2 Å². The summed E-state index contributed by atoms with van der Waals surface area (Å²) in [6.07, 6.45) is 10.1. The molecule has 4 rings (SSSR count). The van der Waals surface area contributed by atoms with Crippen molar-refractivity contribution >= 4 is 45.9 Å². The van der Waals surface area contributed by atoms with Crippen molar-refractivity contribution in [2.45, 2.75) is 25.7 Å². The fraction of sp³-hybridized carbons (Fsp3) is 0.250. The molecule has 1 amide bonds. The molecule has 0 spiro atoms. The Morgan fingerprint density at radius 3 is 2.48 bits per heavy atom. The van der Waals surface area contributed by atoms with E-state index in [4.69, 9.17) is 11.6 Å². The Kier molecular flexibility index (Phi) is 6.11. The average Bonchev–Trinajstić information content (AvgIpc) is 3.04. The number of carbonyl (C=O) groups is 1. The lowest BCUT2D eigenvalue weighted by Crippen LogP contribution is -2.23. The second-order valence-corrected chi connectivity index (χ2v) is 7.70. The van der Waals surface area contributed by atoms with Gasteiger partial charge in [0.25, 0.3) is 0 Å². The molecule has 148 valence electrons. The van der Waals surface area contributed by atoms with Crippen LogP contribution in [0.2, 0.25) is 5.02 Å². The van der Waals surface area contributed by atoms with Gasteiger partial charge in [-0.25, -0.2) is 0 Å². The highest BCUT2D eigenvalue weighted by atomic mass is 35.5. The standard InChI is InChI=1S/C24H24ClN3O/c25-24-20-7-3-4-8-21(20)26-17-22(24)27-23(29)14-11-18-9-12-19(13-10-18)28-15-5-1-2-6-16-28/h3-4,7-14,17H,1-2,5-6,15-16H2,(H,27,29)/b14-11+. The Morgan fingerprint density at radius 1 is 1.00 bits per heavy atom. The Hall–Kier alpha value is -2.85. The first-order chi connectivity index (χ1) is 14.2. The van der Waals surface area contributed by atoms with E-state index in [1.54, 1.807) is 6.20 Å².